The number of allylic oxidation sites excluding steroid dienone is 1. The molecule has 0 radical (unpaired) electrons. The van der Waals surface area contributed by atoms with Crippen molar-refractivity contribution in [3.8, 4) is 5.75 Å². The van der Waals surface area contributed by atoms with E-state index in [0.29, 0.717) is 44.6 Å². The molecule has 166 valence electrons. The van der Waals surface area contributed by atoms with Gasteiger partial charge in [0.1, 0.15) is 5.75 Å². The fourth-order valence-corrected chi connectivity index (χ4v) is 4.59. The minimum absolute atomic E-state index is 0.0264. The second-order valence-corrected chi connectivity index (χ2v) is 8.31. The van der Waals surface area contributed by atoms with E-state index in [-0.39, 0.29) is 5.91 Å². The topological polar surface area (TPSA) is 59.8 Å². The first-order chi connectivity index (χ1) is 15.1. The Morgan fingerprint density at radius 1 is 1.39 bits per heavy atom. The number of ether oxygens (including phenoxy) is 2. The number of aromatic nitrogens is 2. The Morgan fingerprint density at radius 2 is 2.19 bits per heavy atom. The second kappa shape index (κ2) is 9.66. The van der Waals surface area contributed by atoms with E-state index in [1.165, 1.54) is 11.3 Å². The van der Waals surface area contributed by atoms with Crippen molar-refractivity contribution >= 4 is 5.91 Å². The molecule has 1 aliphatic carbocycles. The molecule has 2 aliphatic rings. The molecule has 1 fully saturated rings. The third-order valence-corrected chi connectivity index (χ3v) is 6.31. The minimum atomic E-state index is 0.0264. The van der Waals surface area contributed by atoms with E-state index in [4.69, 9.17) is 14.6 Å². The van der Waals surface area contributed by atoms with E-state index in [0.717, 1.165) is 37.1 Å². The molecule has 1 amide bonds. The summed E-state index contributed by atoms with van der Waals surface area (Å²) in [5.74, 6) is 0.902. The first-order valence-electron chi connectivity index (χ1n) is 11.0. The number of likely N-dealkylation sites (N-methyl/N-ethyl adjacent to an activating group) is 1. The molecule has 1 atom stereocenters. The van der Waals surface area contributed by atoms with Crippen LogP contribution in [-0.2, 0) is 30.7 Å². The largest absolute Gasteiger partial charge is 0.497 e. The first-order valence-corrected chi connectivity index (χ1v) is 11.0. The number of morpholine rings is 1. The lowest BCUT2D eigenvalue weighted by Crippen LogP contribution is -2.42. The van der Waals surface area contributed by atoms with Crippen LogP contribution in [0.3, 0.4) is 0 Å². The summed E-state index contributed by atoms with van der Waals surface area (Å²) in [7, 11) is 3.85. The van der Waals surface area contributed by atoms with Crippen LogP contribution >= 0.6 is 0 Å². The van der Waals surface area contributed by atoms with E-state index in [1.807, 2.05) is 27.8 Å². The van der Waals surface area contributed by atoms with Gasteiger partial charge in [-0.1, -0.05) is 18.2 Å². The quantitative estimate of drug-likeness (QED) is 0.640. The maximum Gasteiger partial charge on any atom is 0.274 e. The number of amides is 1. The SMILES string of the molecule is C=CCn1nc(C(=O)N2CCOCC2)c2c1CCC(N(C)Cc1cccc(OC)c1)C2. The highest BCUT2D eigenvalue weighted by atomic mass is 16.5. The van der Waals surface area contributed by atoms with E-state index in [1.54, 1.807) is 7.11 Å². The molecule has 1 aromatic heterocycles. The Bertz CT molecular complexity index is 933. The third kappa shape index (κ3) is 4.67. The number of fused-ring (bicyclic) bond motifs is 1. The van der Waals surface area contributed by atoms with Gasteiger partial charge >= 0.3 is 0 Å². The van der Waals surface area contributed by atoms with Crippen LogP contribution in [0.1, 0.15) is 33.7 Å². The predicted molar refractivity (Wildman–Crippen MR) is 119 cm³/mol. The highest BCUT2D eigenvalue weighted by Gasteiger charge is 2.32. The van der Waals surface area contributed by atoms with Crippen LogP contribution in [0, 0.1) is 0 Å². The number of nitrogens with zero attached hydrogens (tertiary/aromatic N) is 4. The molecule has 1 unspecified atom stereocenters. The Morgan fingerprint density at radius 3 is 2.94 bits per heavy atom. The van der Waals surface area contributed by atoms with Crippen molar-refractivity contribution < 1.29 is 14.3 Å². The molecule has 1 aromatic carbocycles. The lowest BCUT2D eigenvalue weighted by molar-refractivity contribution is 0.0297. The second-order valence-electron chi connectivity index (χ2n) is 8.31. The Hall–Kier alpha value is -2.64. The number of methoxy groups -OCH3 is 1. The van der Waals surface area contributed by atoms with Gasteiger partial charge in [-0.15, -0.1) is 6.58 Å². The van der Waals surface area contributed by atoms with E-state index in [2.05, 4.69) is 30.7 Å². The van der Waals surface area contributed by atoms with Crippen molar-refractivity contribution in [2.45, 2.75) is 38.4 Å². The smallest absolute Gasteiger partial charge is 0.274 e. The highest BCUT2D eigenvalue weighted by Crippen LogP contribution is 2.29. The van der Waals surface area contributed by atoms with Crippen molar-refractivity contribution in [1.29, 1.82) is 0 Å². The predicted octanol–water partition coefficient (Wildman–Crippen LogP) is 2.54. The van der Waals surface area contributed by atoms with Gasteiger partial charge in [0.25, 0.3) is 5.91 Å². The molecule has 0 N–H and O–H groups in total. The normalized spacial score (nSPS) is 18.7. The summed E-state index contributed by atoms with van der Waals surface area (Å²) in [4.78, 5) is 17.5. The fourth-order valence-electron chi connectivity index (χ4n) is 4.59. The standard InChI is InChI=1S/C24H32N4O3/c1-4-10-28-22-9-8-19(26(2)17-18-6-5-7-20(15-18)30-3)16-21(22)23(25-28)24(29)27-11-13-31-14-12-27/h4-7,15,19H,1,8-14,16-17H2,2-3H3. The Balaban J connectivity index is 1.54. The van der Waals surface area contributed by atoms with Crippen LogP contribution in [0.2, 0.25) is 0 Å². The van der Waals surface area contributed by atoms with Crippen molar-refractivity contribution in [3.63, 3.8) is 0 Å². The highest BCUT2D eigenvalue weighted by molar-refractivity contribution is 5.94. The van der Waals surface area contributed by atoms with Crippen LogP contribution < -0.4 is 4.74 Å². The molecule has 7 nitrogen and oxygen atoms in total. The summed E-state index contributed by atoms with van der Waals surface area (Å²) >= 11 is 0. The molecule has 0 spiro atoms. The van der Waals surface area contributed by atoms with Crippen molar-refractivity contribution in [3.05, 3.63) is 59.4 Å². The van der Waals surface area contributed by atoms with Gasteiger partial charge < -0.3 is 14.4 Å². The van der Waals surface area contributed by atoms with Crippen LogP contribution in [0.25, 0.3) is 0 Å². The average molecular weight is 425 g/mol. The molecule has 1 saturated heterocycles. The summed E-state index contributed by atoms with van der Waals surface area (Å²) in [6.45, 7) is 7.76. The van der Waals surface area contributed by atoms with Crippen LogP contribution in [0.5, 0.6) is 5.75 Å². The van der Waals surface area contributed by atoms with E-state index in [9.17, 15) is 4.79 Å². The average Bonchev–Trinajstić information content (AvgIpc) is 3.17. The number of hydrogen-bond donors (Lipinski definition) is 0. The number of hydrogen-bond acceptors (Lipinski definition) is 5. The van der Waals surface area contributed by atoms with Crippen LogP contribution in [-0.4, -0.2) is 72.0 Å². The molecule has 0 saturated carbocycles. The van der Waals surface area contributed by atoms with Crippen molar-refractivity contribution in [2.24, 2.45) is 0 Å². The van der Waals surface area contributed by atoms with Gasteiger partial charge in [0, 0.05) is 36.9 Å². The number of benzene rings is 1. The summed E-state index contributed by atoms with van der Waals surface area (Å²) < 4.78 is 12.7. The molecule has 2 aromatic rings. The zero-order valence-electron chi connectivity index (χ0n) is 18.5. The minimum Gasteiger partial charge on any atom is -0.497 e. The fraction of sp³-hybridized carbons (Fsp3) is 0.500. The lowest BCUT2D eigenvalue weighted by atomic mass is 9.90. The van der Waals surface area contributed by atoms with Crippen molar-refractivity contribution in [2.75, 3.05) is 40.5 Å². The Kier molecular flexibility index (Phi) is 6.73. The molecule has 4 rings (SSSR count). The molecule has 31 heavy (non-hydrogen) atoms. The number of carbonyl (C=O) groups is 1. The third-order valence-electron chi connectivity index (χ3n) is 6.31. The molecule has 1 aliphatic heterocycles. The van der Waals surface area contributed by atoms with Gasteiger partial charge in [-0.05, 0) is 44.0 Å². The zero-order chi connectivity index (χ0) is 21.8. The lowest BCUT2D eigenvalue weighted by Gasteiger charge is -2.32. The van der Waals surface area contributed by atoms with E-state index < -0.39 is 0 Å². The van der Waals surface area contributed by atoms with Gasteiger partial charge in [0.15, 0.2) is 5.69 Å². The molecule has 0 bridgehead atoms. The summed E-state index contributed by atoms with van der Waals surface area (Å²) in [6, 6.07) is 8.56. The number of rotatable bonds is 7. The monoisotopic (exact) mass is 424 g/mol. The van der Waals surface area contributed by atoms with Gasteiger partial charge in [-0.2, -0.15) is 5.10 Å². The van der Waals surface area contributed by atoms with Gasteiger partial charge in [0.05, 0.1) is 26.9 Å². The summed E-state index contributed by atoms with van der Waals surface area (Å²) in [5.41, 5.74) is 4.12. The van der Waals surface area contributed by atoms with Gasteiger partial charge in [-0.3, -0.25) is 14.4 Å². The molecular formula is C24H32N4O3. The molecule has 7 heteroatoms. The van der Waals surface area contributed by atoms with Crippen LogP contribution in [0.15, 0.2) is 36.9 Å². The van der Waals surface area contributed by atoms with Crippen molar-refractivity contribution in [1.82, 2.24) is 19.6 Å². The maximum atomic E-state index is 13.3. The molecular weight excluding hydrogens is 392 g/mol. The van der Waals surface area contributed by atoms with Crippen LogP contribution in [0.4, 0.5) is 0 Å². The molecule has 2 heterocycles. The van der Waals surface area contributed by atoms with E-state index >= 15 is 0 Å². The zero-order valence-corrected chi connectivity index (χ0v) is 18.5. The summed E-state index contributed by atoms with van der Waals surface area (Å²) in [5, 5.41) is 4.74. The summed E-state index contributed by atoms with van der Waals surface area (Å²) in [6.07, 6.45) is 4.64. The maximum absolute atomic E-state index is 13.3. The Labute approximate surface area is 184 Å². The first kappa shape index (κ1) is 21.6. The van der Waals surface area contributed by atoms with Gasteiger partial charge in [0.2, 0.25) is 0 Å². The number of carbonyl (C=O) groups excluding carboxylic acids is 1. The van der Waals surface area contributed by atoms with Gasteiger partial charge in [-0.25, -0.2) is 0 Å².